The SMILES string of the molecule is CCOc1cc(-c2cccc(OC)c2)nc2ccc(C(=O)Nc3ccc(C)c(C)c3)cc12. The number of hydrogen-bond acceptors (Lipinski definition) is 4. The van der Waals surface area contributed by atoms with Crippen LogP contribution in [0.25, 0.3) is 22.2 Å². The van der Waals surface area contributed by atoms with Crippen LogP contribution in [0.5, 0.6) is 11.5 Å². The van der Waals surface area contributed by atoms with Crippen LogP contribution in [0.2, 0.25) is 0 Å². The summed E-state index contributed by atoms with van der Waals surface area (Å²) in [6, 6.07) is 21.0. The Labute approximate surface area is 188 Å². The van der Waals surface area contributed by atoms with Crippen LogP contribution < -0.4 is 14.8 Å². The number of ether oxygens (including phenoxy) is 2. The van der Waals surface area contributed by atoms with Crippen LogP contribution in [0.1, 0.15) is 28.4 Å². The number of pyridine rings is 1. The summed E-state index contributed by atoms with van der Waals surface area (Å²) in [5.41, 5.74) is 6.12. The molecular weight excluding hydrogens is 400 g/mol. The normalized spacial score (nSPS) is 10.8. The Bertz CT molecular complexity index is 1300. The number of nitrogens with one attached hydrogen (secondary N) is 1. The third-order valence-electron chi connectivity index (χ3n) is 5.46. The molecule has 0 bridgehead atoms. The summed E-state index contributed by atoms with van der Waals surface area (Å²) >= 11 is 0. The highest BCUT2D eigenvalue weighted by molar-refractivity contribution is 6.07. The Kier molecular flexibility index (Phi) is 6.08. The highest BCUT2D eigenvalue weighted by Crippen LogP contribution is 2.32. The van der Waals surface area contributed by atoms with Crippen molar-refractivity contribution in [2.45, 2.75) is 20.8 Å². The van der Waals surface area contributed by atoms with E-state index in [0.29, 0.717) is 17.9 Å². The Morgan fingerprint density at radius 2 is 1.81 bits per heavy atom. The number of methoxy groups -OCH3 is 1. The van der Waals surface area contributed by atoms with Crippen molar-refractivity contribution in [3.63, 3.8) is 0 Å². The van der Waals surface area contributed by atoms with Crippen molar-refractivity contribution in [3.8, 4) is 22.8 Å². The van der Waals surface area contributed by atoms with Crippen LogP contribution in [0, 0.1) is 13.8 Å². The van der Waals surface area contributed by atoms with Gasteiger partial charge in [0.1, 0.15) is 11.5 Å². The van der Waals surface area contributed by atoms with Gasteiger partial charge in [0.05, 0.1) is 24.9 Å². The van der Waals surface area contributed by atoms with Crippen molar-refractivity contribution in [2.75, 3.05) is 19.0 Å². The molecule has 0 saturated heterocycles. The average Bonchev–Trinajstić information content (AvgIpc) is 2.81. The molecule has 0 saturated carbocycles. The fraction of sp³-hybridized carbons (Fsp3) is 0.185. The number of nitrogens with zero attached hydrogens (tertiary/aromatic N) is 1. The number of rotatable bonds is 6. The van der Waals surface area contributed by atoms with Gasteiger partial charge in [-0.2, -0.15) is 0 Å². The number of fused-ring (bicyclic) bond motifs is 1. The average molecular weight is 427 g/mol. The Hall–Kier alpha value is -3.86. The number of aryl methyl sites for hydroxylation is 2. The zero-order chi connectivity index (χ0) is 22.7. The van der Waals surface area contributed by atoms with Gasteiger partial charge in [0.25, 0.3) is 5.91 Å². The van der Waals surface area contributed by atoms with Crippen molar-refractivity contribution >= 4 is 22.5 Å². The molecule has 5 heteroatoms. The van der Waals surface area contributed by atoms with Gasteiger partial charge >= 0.3 is 0 Å². The highest BCUT2D eigenvalue weighted by Gasteiger charge is 2.13. The predicted octanol–water partition coefficient (Wildman–Crippen LogP) is 6.18. The van der Waals surface area contributed by atoms with E-state index in [1.54, 1.807) is 13.2 Å². The summed E-state index contributed by atoms with van der Waals surface area (Å²) in [6.07, 6.45) is 0. The summed E-state index contributed by atoms with van der Waals surface area (Å²) in [6.45, 7) is 6.52. The molecule has 32 heavy (non-hydrogen) atoms. The molecular formula is C27H26N2O3. The second kappa shape index (κ2) is 9.10. The summed E-state index contributed by atoms with van der Waals surface area (Å²) in [7, 11) is 1.64. The molecule has 162 valence electrons. The zero-order valence-electron chi connectivity index (χ0n) is 18.7. The summed E-state index contributed by atoms with van der Waals surface area (Å²) in [5.74, 6) is 1.28. The van der Waals surface area contributed by atoms with Crippen LogP contribution in [0.15, 0.2) is 66.7 Å². The molecule has 1 heterocycles. The monoisotopic (exact) mass is 426 g/mol. The molecule has 0 aliphatic rings. The van der Waals surface area contributed by atoms with Gasteiger partial charge in [0, 0.05) is 28.3 Å². The van der Waals surface area contributed by atoms with Gasteiger partial charge in [-0.15, -0.1) is 0 Å². The first-order valence-electron chi connectivity index (χ1n) is 10.6. The van der Waals surface area contributed by atoms with Crippen LogP contribution in [-0.4, -0.2) is 24.6 Å². The molecule has 0 unspecified atom stereocenters. The summed E-state index contributed by atoms with van der Waals surface area (Å²) in [5, 5.41) is 3.78. The van der Waals surface area contributed by atoms with E-state index in [1.165, 1.54) is 5.56 Å². The molecule has 1 amide bonds. The van der Waals surface area contributed by atoms with Crippen molar-refractivity contribution in [2.24, 2.45) is 0 Å². The van der Waals surface area contributed by atoms with Gasteiger partial charge in [0.15, 0.2) is 0 Å². The van der Waals surface area contributed by atoms with Crippen molar-refractivity contribution in [1.82, 2.24) is 4.98 Å². The van der Waals surface area contributed by atoms with E-state index in [9.17, 15) is 4.79 Å². The molecule has 0 atom stereocenters. The lowest BCUT2D eigenvalue weighted by molar-refractivity contribution is 0.102. The first-order valence-corrected chi connectivity index (χ1v) is 10.6. The number of benzene rings is 3. The molecule has 0 aliphatic heterocycles. The highest BCUT2D eigenvalue weighted by atomic mass is 16.5. The fourth-order valence-corrected chi connectivity index (χ4v) is 3.56. The number of carbonyl (C=O) groups is 1. The Morgan fingerprint density at radius 3 is 2.56 bits per heavy atom. The lowest BCUT2D eigenvalue weighted by Crippen LogP contribution is -2.12. The lowest BCUT2D eigenvalue weighted by Gasteiger charge is -2.13. The molecule has 3 aromatic carbocycles. The van der Waals surface area contributed by atoms with E-state index in [1.807, 2.05) is 81.4 Å². The summed E-state index contributed by atoms with van der Waals surface area (Å²) in [4.78, 5) is 17.7. The van der Waals surface area contributed by atoms with E-state index in [0.717, 1.165) is 39.2 Å². The van der Waals surface area contributed by atoms with E-state index >= 15 is 0 Å². The molecule has 5 nitrogen and oxygen atoms in total. The first kappa shape index (κ1) is 21.4. The summed E-state index contributed by atoms with van der Waals surface area (Å²) < 4.78 is 11.3. The van der Waals surface area contributed by atoms with E-state index in [4.69, 9.17) is 14.5 Å². The van der Waals surface area contributed by atoms with Gasteiger partial charge in [-0.05, 0) is 74.4 Å². The van der Waals surface area contributed by atoms with Crippen LogP contribution >= 0.6 is 0 Å². The Morgan fingerprint density at radius 1 is 0.969 bits per heavy atom. The molecule has 4 rings (SSSR count). The molecule has 0 fully saturated rings. The smallest absolute Gasteiger partial charge is 0.255 e. The standard InChI is InChI=1S/C27H26N2O3/c1-5-32-26-16-25(19-7-6-8-22(14-19)31-4)29-24-12-10-20(15-23(24)26)27(30)28-21-11-9-17(2)18(3)13-21/h6-16H,5H2,1-4H3,(H,28,30). The maximum absolute atomic E-state index is 12.9. The second-order valence-corrected chi connectivity index (χ2v) is 7.66. The fourth-order valence-electron chi connectivity index (χ4n) is 3.56. The minimum absolute atomic E-state index is 0.172. The maximum atomic E-state index is 12.9. The zero-order valence-corrected chi connectivity index (χ0v) is 18.7. The molecule has 0 radical (unpaired) electrons. The van der Waals surface area contributed by atoms with Gasteiger partial charge in [0.2, 0.25) is 0 Å². The first-order chi connectivity index (χ1) is 15.5. The van der Waals surface area contributed by atoms with Gasteiger partial charge in [-0.25, -0.2) is 4.98 Å². The van der Waals surface area contributed by atoms with Crippen LogP contribution in [0.4, 0.5) is 5.69 Å². The number of amides is 1. The van der Waals surface area contributed by atoms with E-state index in [2.05, 4.69) is 5.32 Å². The van der Waals surface area contributed by atoms with Crippen molar-refractivity contribution < 1.29 is 14.3 Å². The van der Waals surface area contributed by atoms with Crippen LogP contribution in [0.3, 0.4) is 0 Å². The second-order valence-electron chi connectivity index (χ2n) is 7.66. The molecule has 4 aromatic rings. The molecule has 0 aliphatic carbocycles. The number of hydrogen-bond donors (Lipinski definition) is 1. The molecule has 1 N–H and O–H groups in total. The van der Waals surface area contributed by atoms with Crippen molar-refractivity contribution in [3.05, 3.63) is 83.4 Å². The van der Waals surface area contributed by atoms with Gasteiger partial charge < -0.3 is 14.8 Å². The largest absolute Gasteiger partial charge is 0.497 e. The minimum atomic E-state index is -0.172. The van der Waals surface area contributed by atoms with Crippen LogP contribution in [-0.2, 0) is 0 Å². The number of aromatic nitrogens is 1. The number of carbonyl (C=O) groups excluding carboxylic acids is 1. The topological polar surface area (TPSA) is 60.5 Å². The molecule has 1 aromatic heterocycles. The third-order valence-corrected chi connectivity index (χ3v) is 5.46. The minimum Gasteiger partial charge on any atom is -0.497 e. The van der Waals surface area contributed by atoms with Gasteiger partial charge in [-0.1, -0.05) is 18.2 Å². The Balaban J connectivity index is 1.71. The number of anilines is 1. The predicted molar refractivity (Wildman–Crippen MR) is 129 cm³/mol. The lowest BCUT2D eigenvalue weighted by atomic mass is 10.1. The van der Waals surface area contributed by atoms with E-state index < -0.39 is 0 Å². The molecule has 0 spiro atoms. The van der Waals surface area contributed by atoms with Crippen molar-refractivity contribution in [1.29, 1.82) is 0 Å². The quantitative estimate of drug-likeness (QED) is 0.400. The third kappa shape index (κ3) is 4.42. The van der Waals surface area contributed by atoms with E-state index in [-0.39, 0.29) is 5.91 Å². The van der Waals surface area contributed by atoms with Gasteiger partial charge in [-0.3, -0.25) is 4.79 Å². The maximum Gasteiger partial charge on any atom is 0.255 e.